The van der Waals surface area contributed by atoms with E-state index in [9.17, 15) is 9.59 Å². The largest absolute Gasteiger partial charge is 0.334 e. The van der Waals surface area contributed by atoms with Gasteiger partial charge in [-0.05, 0) is 89.1 Å². The lowest BCUT2D eigenvalue weighted by molar-refractivity contribution is -0.117. The first-order valence-corrected chi connectivity index (χ1v) is 12.8. The van der Waals surface area contributed by atoms with Crippen molar-refractivity contribution in [1.82, 2.24) is 15.6 Å². The molecular weight excluding hydrogens is 474 g/mol. The second-order valence-corrected chi connectivity index (χ2v) is 10.9. The van der Waals surface area contributed by atoms with Gasteiger partial charge in [0.15, 0.2) is 0 Å². The Balaban J connectivity index is 1.45. The topological polar surface area (TPSA) is 95.5 Å². The number of nitrogens with zero attached hydrogens (tertiary/aromatic N) is 2. The van der Waals surface area contributed by atoms with Crippen molar-refractivity contribution in [2.45, 2.75) is 58.7 Å². The van der Waals surface area contributed by atoms with Crippen molar-refractivity contribution in [3.8, 4) is 22.4 Å². The predicted octanol–water partition coefficient (Wildman–Crippen LogP) is 6.09. The van der Waals surface area contributed by atoms with Gasteiger partial charge in [0, 0.05) is 22.5 Å². The minimum absolute atomic E-state index is 0.294. The van der Waals surface area contributed by atoms with E-state index in [0.717, 1.165) is 33.8 Å². The van der Waals surface area contributed by atoms with Gasteiger partial charge in [-0.3, -0.25) is 9.79 Å². The van der Waals surface area contributed by atoms with Crippen molar-refractivity contribution < 1.29 is 9.59 Å². The maximum Gasteiger partial charge on any atom is 0.315 e. The van der Waals surface area contributed by atoms with Gasteiger partial charge in [0.25, 0.3) is 0 Å². The zero-order chi connectivity index (χ0) is 27.5. The van der Waals surface area contributed by atoms with Crippen LogP contribution >= 0.6 is 0 Å². The Morgan fingerprint density at radius 3 is 2.26 bits per heavy atom. The average molecular weight is 510 g/mol. The van der Waals surface area contributed by atoms with Crippen LogP contribution in [0.3, 0.4) is 0 Å². The van der Waals surface area contributed by atoms with Crippen molar-refractivity contribution in [2.24, 2.45) is 4.99 Å². The number of carbonyl (C=O) groups excluding carboxylic acids is 2. The van der Waals surface area contributed by atoms with E-state index in [2.05, 4.69) is 29.0 Å². The molecule has 38 heavy (non-hydrogen) atoms. The van der Waals surface area contributed by atoms with E-state index in [1.165, 1.54) is 0 Å². The molecule has 1 aromatic heterocycles. The number of aromatic nitrogens is 1. The highest BCUT2D eigenvalue weighted by atomic mass is 16.2. The third-order valence-corrected chi connectivity index (χ3v) is 6.20. The van der Waals surface area contributed by atoms with Crippen LogP contribution in [0.5, 0.6) is 0 Å². The van der Waals surface area contributed by atoms with Gasteiger partial charge in [0.2, 0.25) is 5.91 Å². The molecule has 0 spiro atoms. The molecule has 7 nitrogen and oxygen atoms in total. The number of aliphatic imine (C=N–C) groups is 1. The lowest BCUT2D eigenvalue weighted by atomic mass is 9.97. The van der Waals surface area contributed by atoms with Gasteiger partial charge in [0.05, 0.1) is 11.4 Å². The summed E-state index contributed by atoms with van der Waals surface area (Å²) >= 11 is 0. The van der Waals surface area contributed by atoms with Crippen LogP contribution in [0.25, 0.3) is 22.4 Å². The summed E-state index contributed by atoms with van der Waals surface area (Å²) in [6.45, 7) is 11.4. The van der Waals surface area contributed by atoms with Crippen molar-refractivity contribution in [2.75, 3.05) is 5.32 Å². The molecule has 196 valence electrons. The molecule has 4 rings (SSSR count). The molecule has 0 bridgehead atoms. The lowest BCUT2D eigenvalue weighted by Crippen LogP contribution is -2.51. The molecule has 0 aliphatic carbocycles. The summed E-state index contributed by atoms with van der Waals surface area (Å²) in [6, 6.07) is 20.8. The molecule has 7 heteroatoms. The van der Waals surface area contributed by atoms with Crippen LogP contribution in [0.1, 0.15) is 47.2 Å². The zero-order valence-electron chi connectivity index (χ0n) is 22.8. The number of amides is 3. The van der Waals surface area contributed by atoms with Crippen molar-refractivity contribution in [1.29, 1.82) is 0 Å². The Morgan fingerprint density at radius 1 is 0.921 bits per heavy atom. The number of benzene rings is 2. The Bertz CT molecular complexity index is 1400. The number of pyridine rings is 1. The maximum atomic E-state index is 12.7. The van der Waals surface area contributed by atoms with E-state index in [4.69, 9.17) is 9.98 Å². The fraction of sp³-hybridized carbons (Fsp3) is 0.290. The highest BCUT2D eigenvalue weighted by molar-refractivity contribution is 5.97. The number of carbonyl (C=O) groups is 2. The molecule has 3 aromatic rings. The van der Waals surface area contributed by atoms with Gasteiger partial charge in [0.1, 0.15) is 11.6 Å². The van der Waals surface area contributed by atoms with Gasteiger partial charge >= 0.3 is 6.03 Å². The van der Waals surface area contributed by atoms with E-state index in [1.54, 1.807) is 6.92 Å². The van der Waals surface area contributed by atoms with Gasteiger partial charge in [-0.25, -0.2) is 9.78 Å². The molecule has 2 aromatic carbocycles. The number of urea groups is 1. The quantitative estimate of drug-likeness (QED) is 0.375. The smallest absolute Gasteiger partial charge is 0.315 e. The molecule has 0 saturated heterocycles. The summed E-state index contributed by atoms with van der Waals surface area (Å²) in [4.78, 5) is 34.4. The number of hydrogen-bond donors (Lipinski definition) is 3. The number of anilines is 1. The molecule has 3 N–H and O–H groups in total. The highest BCUT2D eigenvalue weighted by Gasteiger charge is 2.27. The van der Waals surface area contributed by atoms with E-state index in [-0.39, 0.29) is 17.5 Å². The molecule has 1 aliphatic heterocycles. The number of allylic oxidation sites excluding steroid dienone is 1. The van der Waals surface area contributed by atoms with Crippen molar-refractivity contribution in [3.05, 3.63) is 84.6 Å². The number of rotatable bonds is 6. The Labute approximate surface area is 224 Å². The van der Waals surface area contributed by atoms with Crippen LogP contribution in [0.15, 0.2) is 83.9 Å². The summed E-state index contributed by atoms with van der Waals surface area (Å²) in [6.07, 6.45) is 4.11. The molecule has 2 heterocycles. The molecule has 3 amide bonds. The normalized spacial score (nSPS) is 17.5. The summed E-state index contributed by atoms with van der Waals surface area (Å²) in [5.74, 6) is -0.294. The highest BCUT2D eigenvalue weighted by Crippen LogP contribution is 2.32. The Kier molecular flexibility index (Phi) is 7.49. The van der Waals surface area contributed by atoms with Crippen molar-refractivity contribution >= 4 is 23.3 Å². The van der Waals surface area contributed by atoms with Gasteiger partial charge in [-0.15, -0.1) is 0 Å². The van der Waals surface area contributed by atoms with E-state index in [1.807, 2.05) is 101 Å². The molecule has 1 aliphatic rings. The molecule has 0 saturated carbocycles. The van der Waals surface area contributed by atoms with Crippen LogP contribution in [0, 0.1) is 0 Å². The summed E-state index contributed by atoms with van der Waals surface area (Å²) < 4.78 is 0. The van der Waals surface area contributed by atoms with Crippen LogP contribution in [-0.4, -0.2) is 34.2 Å². The average Bonchev–Trinajstić information content (AvgIpc) is 3.22. The Hall–Kier alpha value is -4.26. The first kappa shape index (κ1) is 26.8. The first-order valence-electron chi connectivity index (χ1n) is 12.8. The fourth-order valence-corrected chi connectivity index (χ4v) is 4.24. The Morgan fingerprint density at radius 2 is 1.61 bits per heavy atom. The van der Waals surface area contributed by atoms with Gasteiger partial charge in [-0.2, -0.15) is 0 Å². The van der Waals surface area contributed by atoms with Crippen molar-refractivity contribution in [3.63, 3.8) is 0 Å². The predicted molar refractivity (Wildman–Crippen MR) is 154 cm³/mol. The second-order valence-electron chi connectivity index (χ2n) is 10.9. The SMILES string of the molecule is CC1=NC(C)(c2cccc(-c3ccc(-c4cccc(NC(=O)C(C)NC(=O)NC(C)(C)C)c4)cc3)n2)C=C1. The third-order valence-electron chi connectivity index (χ3n) is 6.20. The van der Waals surface area contributed by atoms with E-state index < -0.39 is 11.6 Å². The summed E-state index contributed by atoms with van der Waals surface area (Å²) in [7, 11) is 0. The summed E-state index contributed by atoms with van der Waals surface area (Å²) in [5, 5.41) is 8.35. The van der Waals surface area contributed by atoms with Crippen LogP contribution in [-0.2, 0) is 10.3 Å². The zero-order valence-corrected chi connectivity index (χ0v) is 22.8. The van der Waals surface area contributed by atoms with Crippen LogP contribution in [0.2, 0.25) is 0 Å². The van der Waals surface area contributed by atoms with Gasteiger partial charge < -0.3 is 16.0 Å². The molecule has 0 radical (unpaired) electrons. The maximum absolute atomic E-state index is 12.7. The minimum atomic E-state index is -0.694. The molecule has 0 fully saturated rings. The van der Waals surface area contributed by atoms with Crippen LogP contribution < -0.4 is 16.0 Å². The molecule has 2 atom stereocenters. The number of nitrogens with one attached hydrogen (secondary N) is 3. The number of hydrogen-bond acceptors (Lipinski definition) is 4. The third kappa shape index (κ3) is 6.54. The standard InChI is InChI=1S/C31H35N5O2/c1-20-17-18-31(6,35-20)27-12-8-11-26(34-27)23-15-13-22(14-16-23)24-9-7-10-25(19-24)33-28(37)21(2)32-29(38)36-30(3,4)5/h7-19,21H,1-6H3,(H,33,37)(H2,32,36,38). The van der Waals surface area contributed by atoms with Gasteiger partial charge in [-0.1, -0.05) is 42.5 Å². The van der Waals surface area contributed by atoms with E-state index in [0.29, 0.717) is 5.69 Å². The second kappa shape index (κ2) is 10.6. The monoisotopic (exact) mass is 509 g/mol. The van der Waals surface area contributed by atoms with E-state index >= 15 is 0 Å². The molecular formula is C31H35N5O2. The lowest BCUT2D eigenvalue weighted by Gasteiger charge is -2.22. The fourth-order valence-electron chi connectivity index (χ4n) is 4.24. The van der Waals surface area contributed by atoms with Crippen LogP contribution in [0.4, 0.5) is 10.5 Å². The minimum Gasteiger partial charge on any atom is -0.334 e. The molecule has 2 unspecified atom stereocenters. The first-order chi connectivity index (χ1) is 17.9. The summed E-state index contributed by atoms with van der Waals surface area (Å²) in [5.41, 5.74) is 5.63.